The fourth-order valence-electron chi connectivity index (χ4n) is 2.01. The van der Waals surface area contributed by atoms with Gasteiger partial charge in [-0.3, -0.25) is 0 Å². The van der Waals surface area contributed by atoms with Gasteiger partial charge in [-0.2, -0.15) is 5.26 Å². The lowest BCUT2D eigenvalue weighted by Gasteiger charge is -2.07. The molecule has 0 amide bonds. The molecule has 0 aliphatic rings. The van der Waals surface area contributed by atoms with Crippen molar-refractivity contribution in [2.45, 2.75) is 26.8 Å². The van der Waals surface area contributed by atoms with Gasteiger partial charge in [0.05, 0.1) is 6.54 Å². The summed E-state index contributed by atoms with van der Waals surface area (Å²) in [7, 11) is 0. The van der Waals surface area contributed by atoms with E-state index in [-0.39, 0.29) is 5.69 Å². The van der Waals surface area contributed by atoms with Crippen LogP contribution >= 0.6 is 0 Å². The van der Waals surface area contributed by atoms with Crippen molar-refractivity contribution in [3.8, 4) is 6.07 Å². The highest BCUT2D eigenvalue weighted by molar-refractivity contribution is 5.86. The average molecular weight is 234 g/mol. The van der Waals surface area contributed by atoms with Gasteiger partial charge in [-0.15, -0.1) is 0 Å². The maximum Gasteiger partial charge on any atom is 0.256 e. The van der Waals surface area contributed by atoms with E-state index >= 15 is 0 Å². The van der Waals surface area contributed by atoms with Gasteiger partial charge in [-0.05, 0) is 37.1 Å². The average Bonchev–Trinajstić information content (AvgIpc) is 2.62. The van der Waals surface area contributed by atoms with E-state index in [1.807, 2.05) is 26.0 Å². The number of hydrogen-bond donors (Lipinski definition) is 0. The van der Waals surface area contributed by atoms with Crippen LogP contribution in [0.5, 0.6) is 0 Å². The Kier molecular flexibility index (Phi) is 2.84. The van der Waals surface area contributed by atoms with Crippen LogP contribution in [0.4, 0.5) is 8.78 Å². The predicted molar refractivity (Wildman–Crippen MR) is 62.1 cm³/mol. The molecule has 0 radical (unpaired) electrons. The molecule has 0 aliphatic heterocycles. The highest BCUT2D eigenvalue weighted by Gasteiger charge is 2.14. The molecule has 4 heteroatoms. The molecule has 0 saturated heterocycles. The fraction of sp³-hybridized carbons (Fsp3) is 0.308. The monoisotopic (exact) mass is 234 g/mol. The number of rotatable bonds is 2. The second-order valence-electron chi connectivity index (χ2n) is 4.08. The van der Waals surface area contributed by atoms with E-state index in [0.717, 1.165) is 16.5 Å². The molecule has 0 saturated carbocycles. The molecule has 0 N–H and O–H groups in total. The Hall–Kier alpha value is -1.89. The van der Waals surface area contributed by atoms with E-state index < -0.39 is 13.0 Å². The SMILES string of the molecule is Cc1ccc2c(cc(C#N)n2CC(F)F)c1C. The Balaban J connectivity index is 2.73. The van der Waals surface area contributed by atoms with Crippen molar-refractivity contribution in [3.63, 3.8) is 0 Å². The molecule has 2 rings (SSSR count). The molecular formula is C13H12F2N2. The zero-order chi connectivity index (χ0) is 12.6. The van der Waals surface area contributed by atoms with Crippen LogP contribution in [-0.4, -0.2) is 11.0 Å². The Morgan fingerprint density at radius 1 is 1.35 bits per heavy atom. The van der Waals surface area contributed by atoms with Crippen LogP contribution in [0, 0.1) is 25.2 Å². The molecule has 2 nitrogen and oxygen atoms in total. The summed E-state index contributed by atoms with van der Waals surface area (Å²) in [5.74, 6) is 0. The Bertz CT molecular complexity index is 606. The van der Waals surface area contributed by atoms with Crippen LogP contribution in [0.2, 0.25) is 0 Å². The molecule has 0 atom stereocenters. The van der Waals surface area contributed by atoms with Gasteiger partial charge >= 0.3 is 0 Å². The molecule has 0 unspecified atom stereocenters. The van der Waals surface area contributed by atoms with Crippen molar-refractivity contribution in [2.75, 3.05) is 0 Å². The van der Waals surface area contributed by atoms with E-state index in [1.54, 1.807) is 12.1 Å². The van der Waals surface area contributed by atoms with Crippen molar-refractivity contribution in [2.24, 2.45) is 0 Å². The molecule has 0 bridgehead atoms. The summed E-state index contributed by atoms with van der Waals surface area (Å²) in [5, 5.41) is 9.85. The fourth-order valence-corrected chi connectivity index (χ4v) is 2.01. The summed E-state index contributed by atoms with van der Waals surface area (Å²) < 4.78 is 26.4. The smallest absolute Gasteiger partial charge is 0.256 e. The number of halogens is 2. The topological polar surface area (TPSA) is 28.7 Å². The second kappa shape index (κ2) is 4.17. The van der Waals surface area contributed by atoms with Crippen LogP contribution in [0.3, 0.4) is 0 Å². The zero-order valence-electron chi connectivity index (χ0n) is 9.67. The van der Waals surface area contributed by atoms with Crippen molar-refractivity contribution < 1.29 is 8.78 Å². The van der Waals surface area contributed by atoms with E-state index in [9.17, 15) is 8.78 Å². The number of hydrogen-bond acceptors (Lipinski definition) is 1. The standard InChI is InChI=1S/C13H12F2N2/c1-8-3-4-12-11(9(8)2)5-10(6-16)17(12)7-13(14)15/h3-5,13H,7H2,1-2H3. The summed E-state index contributed by atoms with van der Waals surface area (Å²) in [6.45, 7) is 3.46. The molecular weight excluding hydrogens is 222 g/mol. The molecule has 1 aromatic heterocycles. The van der Waals surface area contributed by atoms with Crippen molar-refractivity contribution in [1.29, 1.82) is 5.26 Å². The van der Waals surface area contributed by atoms with E-state index in [4.69, 9.17) is 5.26 Å². The van der Waals surface area contributed by atoms with Gasteiger partial charge in [-0.1, -0.05) is 6.07 Å². The normalized spacial score (nSPS) is 11.1. The Morgan fingerprint density at radius 2 is 2.06 bits per heavy atom. The lowest BCUT2D eigenvalue weighted by Crippen LogP contribution is -2.08. The van der Waals surface area contributed by atoms with Gasteiger partial charge < -0.3 is 4.57 Å². The maximum atomic E-state index is 12.5. The van der Waals surface area contributed by atoms with Crippen molar-refractivity contribution in [1.82, 2.24) is 4.57 Å². The molecule has 0 aliphatic carbocycles. The van der Waals surface area contributed by atoms with Gasteiger partial charge in [-0.25, -0.2) is 8.78 Å². The maximum absolute atomic E-state index is 12.5. The summed E-state index contributed by atoms with van der Waals surface area (Å²) in [5.41, 5.74) is 3.11. The van der Waals surface area contributed by atoms with Crippen LogP contribution in [0.25, 0.3) is 10.9 Å². The van der Waals surface area contributed by atoms with Gasteiger partial charge in [0, 0.05) is 10.9 Å². The summed E-state index contributed by atoms with van der Waals surface area (Å²) in [6, 6.07) is 7.33. The van der Waals surface area contributed by atoms with Gasteiger partial charge in [0.2, 0.25) is 0 Å². The first kappa shape index (κ1) is 11.6. The van der Waals surface area contributed by atoms with Crippen LogP contribution in [-0.2, 0) is 6.54 Å². The lowest BCUT2D eigenvalue weighted by molar-refractivity contribution is 0.128. The lowest BCUT2D eigenvalue weighted by atomic mass is 10.1. The largest absolute Gasteiger partial charge is 0.327 e. The highest BCUT2D eigenvalue weighted by Crippen LogP contribution is 2.25. The number of fused-ring (bicyclic) bond motifs is 1. The first-order valence-electron chi connectivity index (χ1n) is 5.32. The van der Waals surface area contributed by atoms with E-state index in [2.05, 4.69) is 0 Å². The molecule has 1 heterocycles. The minimum Gasteiger partial charge on any atom is -0.327 e. The van der Waals surface area contributed by atoms with Gasteiger partial charge in [0.25, 0.3) is 6.43 Å². The van der Waals surface area contributed by atoms with Crippen LogP contribution in [0.15, 0.2) is 18.2 Å². The Morgan fingerprint density at radius 3 is 2.65 bits per heavy atom. The molecule has 88 valence electrons. The summed E-state index contributed by atoms with van der Waals surface area (Å²) in [4.78, 5) is 0. The van der Waals surface area contributed by atoms with Gasteiger partial charge in [0.15, 0.2) is 0 Å². The minimum atomic E-state index is -2.46. The van der Waals surface area contributed by atoms with Crippen LogP contribution < -0.4 is 0 Å². The number of nitriles is 1. The van der Waals surface area contributed by atoms with Crippen molar-refractivity contribution >= 4 is 10.9 Å². The highest BCUT2D eigenvalue weighted by atomic mass is 19.3. The van der Waals surface area contributed by atoms with Crippen molar-refractivity contribution in [3.05, 3.63) is 35.0 Å². The minimum absolute atomic E-state index is 0.286. The third kappa shape index (κ3) is 1.89. The first-order chi connectivity index (χ1) is 8.04. The summed E-state index contributed by atoms with van der Waals surface area (Å²) >= 11 is 0. The number of benzene rings is 1. The molecule has 0 fully saturated rings. The zero-order valence-corrected chi connectivity index (χ0v) is 9.67. The number of nitrogens with zero attached hydrogens (tertiary/aromatic N) is 2. The molecule has 0 spiro atoms. The first-order valence-corrected chi connectivity index (χ1v) is 5.32. The molecule has 1 aromatic carbocycles. The summed E-state index contributed by atoms with van der Waals surface area (Å²) in [6.07, 6.45) is -2.46. The van der Waals surface area contributed by atoms with Crippen LogP contribution in [0.1, 0.15) is 16.8 Å². The quantitative estimate of drug-likeness (QED) is 0.782. The van der Waals surface area contributed by atoms with Gasteiger partial charge in [0.1, 0.15) is 11.8 Å². The Labute approximate surface area is 98.1 Å². The molecule has 17 heavy (non-hydrogen) atoms. The second-order valence-corrected chi connectivity index (χ2v) is 4.08. The third-order valence-corrected chi connectivity index (χ3v) is 3.06. The van der Waals surface area contributed by atoms with E-state index in [0.29, 0.717) is 5.52 Å². The number of aromatic nitrogens is 1. The number of aryl methyl sites for hydroxylation is 2. The predicted octanol–water partition coefficient (Wildman–Crippen LogP) is 3.39. The molecule has 2 aromatic rings. The number of alkyl halides is 2. The third-order valence-electron chi connectivity index (χ3n) is 3.06. The van der Waals surface area contributed by atoms with E-state index in [1.165, 1.54) is 4.57 Å².